The molecule has 0 fully saturated rings. The quantitative estimate of drug-likeness (QED) is 0.615. The van der Waals surface area contributed by atoms with Crippen molar-refractivity contribution in [1.82, 2.24) is 0 Å². The predicted octanol–water partition coefficient (Wildman–Crippen LogP) is 3.89. The van der Waals surface area contributed by atoms with E-state index in [2.05, 4.69) is 0 Å². The maximum Gasteiger partial charge on any atom is 0.335 e. The Bertz CT molecular complexity index is 804. The van der Waals surface area contributed by atoms with Gasteiger partial charge in [-0.3, -0.25) is 4.79 Å². The predicted molar refractivity (Wildman–Crippen MR) is 96.2 cm³/mol. The van der Waals surface area contributed by atoms with E-state index in [-0.39, 0.29) is 29.9 Å². The number of carbonyl (C=O) groups excluding carboxylic acids is 1. The summed E-state index contributed by atoms with van der Waals surface area (Å²) in [7, 11) is 0. The summed E-state index contributed by atoms with van der Waals surface area (Å²) < 4.78 is 0. The van der Waals surface area contributed by atoms with E-state index in [0.717, 1.165) is 11.1 Å². The highest BCUT2D eigenvalue weighted by Crippen LogP contribution is 2.21. The van der Waals surface area contributed by atoms with Crippen LogP contribution >= 0.6 is 12.2 Å². The van der Waals surface area contributed by atoms with Crippen molar-refractivity contribution in [1.29, 1.82) is 0 Å². The minimum absolute atomic E-state index is 0.0267. The van der Waals surface area contributed by atoms with E-state index in [4.69, 9.17) is 17.3 Å². The Hall–Kier alpha value is -2.53. The van der Waals surface area contributed by atoms with Gasteiger partial charge in [-0.05, 0) is 49.7 Å². The van der Waals surface area contributed by atoms with Crippen LogP contribution in [0.4, 0.5) is 0 Å². The maximum absolute atomic E-state index is 12.4. The van der Waals surface area contributed by atoms with Crippen LogP contribution in [0.2, 0.25) is 0 Å². The lowest BCUT2D eigenvalue weighted by Gasteiger charge is -2.08. The number of Topliss-reactive ketones (excluding diaryl/α,β-unsaturated/α-hetero) is 1. The molecule has 5 heteroatoms. The van der Waals surface area contributed by atoms with Gasteiger partial charge in [0.1, 0.15) is 5.75 Å². The molecular weight excluding hydrogens is 324 g/mol. The summed E-state index contributed by atoms with van der Waals surface area (Å²) in [5.41, 5.74) is 3.12. The lowest BCUT2D eigenvalue weighted by Crippen LogP contribution is -2.10. The van der Waals surface area contributed by atoms with Crippen LogP contribution in [0.5, 0.6) is 5.75 Å². The van der Waals surface area contributed by atoms with Gasteiger partial charge >= 0.3 is 5.97 Å². The van der Waals surface area contributed by atoms with Crippen LogP contribution in [0.3, 0.4) is 0 Å². The fourth-order valence-electron chi connectivity index (χ4n) is 2.55. The van der Waals surface area contributed by atoms with Gasteiger partial charge < -0.3 is 10.2 Å². The number of aromatic hydroxyl groups is 1. The number of phenols is 1. The average Bonchev–Trinajstić information content (AvgIpc) is 2.48. The third-order valence-corrected chi connectivity index (χ3v) is 3.90. The van der Waals surface area contributed by atoms with Gasteiger partial charge in [-0.2, -0.15) is 0 Å². The Kier molecular flexibility index (Phi) is 5.46. The Morgan fingerprint density at radius 3 is 2.21 bits per heavy atom. The standard InChI is InChI=1S/C19H18O4S/c1-11-5-12(2)7-14(6-11)18(21)10-16(24)9-15-8-13(19(22)23)3-4-17(15)20/h3-8,20H,9-10H2,1-2H3,(H,22,23). The topological polar surface area (TPSA) is 74.6 Å². The molecule has 0 aliphatic rings. The van der Waals surface area contributed by atoms with E-state index in [1.54, 1.807) is 0 Å². The molecule has 124 valence electrons. The van der Waals surface area contributed by atoms with Crippen LogP contribution in [0.25, 0.3) is 0 Å². The van der Waals surface area contributed by atoms with Crippen molar-refractivity contribution in [2.45, 2.75) is 26.7 Å². The molecule has 0 aliphatic heterocycles. The monoisotopic (exact) mass is 342 g/mol. The summed E-state index contributed by atoms with van der Waals surface area (Å²) >= 11 is 5.27. The summed E-state index contributed by atoms with van der Waals surface area (Å²) in [5, 5.41) is 18.9. The third kappa shape index (κ3) is 4.49. The second-order valence-electron chi connectivity index (χ2n) is 5.84. The number of hydrogen-bond acceptors (Lipinski definition) is 4. The summed E-state index contributed by atoms with van der Waals surface area (Å²) in [4.78, 5) is 23.8. The SMILES string of the molecule is Cc1cc(C)cc(C(=O)CC(=S)Cc2cc(C(=O)O)ccc2O)c1. The largest absolute Gasteiger partial charge is 0.508 e. The molecule has 2 N–H and O–H groups in total. The molecule has 0 radical (unpaired) electrons. The lowest BCUT2D eigenvalue weighted by atomic mass is 9.98. The fourth-order valence-corrected chi connectivity index (χ4v) is 2.84. The number of carboxylic acids is 1. The smallest absolute Gasteiger partial charge is 0.335 e. The van der Waals surface area contributed by atoms with Gasteiger partial charge in [0.25, 0.3) is 0 Å². The highest BCUT2D eigenvalue weighted by Gasteiger charge is 2.14. The number of carbonyl (C=O) groups is 2. The van der Waals surface area contributed by atoms with Crippen molar-refractivity contribution in [3.05, 3.63) is 64.2 Å². The molecule has 0 unspecified atom stereocenters. The Morgan fingerprint density at radius 1 is 1.00 bits per heavy atom. The molecule has 4 nitrogen and oxygen atoms in total. The van der Waals surface area contributed by atoms with Crippen molar-refractivity contribution < 1.29 is 19.8 Å². The van der Waals surface area contributed by atoms with Crippen molar-refractivity contribution in [2.75, 3.05) is 0 Å². The molecule has 2 aromatic rings. The minimum atomic E-state index is -1.08. The van der Waals surface area contributed by atoms with Crippen LogP contribution in [0.1, 0.15) is 43.8 Å². The summed E-state index contributed by atoms with van der Waals surface area (Å²) in [5.74, 6) is -1.18. The molecule has 24 heavy (non-hydrogen) atoms. The molecule has 0 aromatic heterocycles. The minimum Gasteiger partial charge on any atom is -0.508 e. The number of phenolic OH excluding ortho intramolecular Hbond substituents is 1. The number of hydrogen-bond donors (Lipinski definition) is 2. The zero-order chi connectivity index (χ0) is 17.9. The molecule has 0 heterocycles. The van der Waals surface area contributed by atoms with E-state index in [9.17, 15) is 14.7 Å². The first kappa shape index (κ1) is 17.8. The van der Waals surface area contributed by atoms with E-state index in [1.807, 2.05) is 32.0 Å². The number of ketones is 1. The highest BCUT2D eigenvalue weighted by molar-refractivity contribution is 7.80. The molecule has 2 aromatic carbocycles. The number of rotatable bonds is 6. The van der Waals surface area contributed by atoms with Gasteiger partial charge in [0.05, 0.1) is 5.56 Å². The summed E-state index contributed by atoms with van der Waals surface area (Å²) in [6.45, 7) is 3.86. The molecule has 2 rings (SSSR count). The van der Waals surface area contributed by atoms with Crippen molar-refractivity contribution >= 4 is 28.8 Å². The van der Waals surface area contributed by atoms with E-state index in [0.29, 0.717) is 16.0 Å². The first-order valence-electron chi connectivity index (χ1n) is 7.44. The highest BCUT2D eigenvalue weighted by atomic mass is 32.1. The first-order valence-corrected chi connectivity index (χ1v) is 7.85. The second-order valence-corrected chi connectivity index (χ2v) is 6.42. The van der Waals surface area contributed by atoms with E-state index in [1.165, 1.54) is 18.2 Å². The van der Waals surface area contributed by atoms with Crippen LogP contribution < -0.4 is 0 Å². The zero-order valence-electron chi connectivity index (χ0n) is 13.5. The maximum atomic E-state index is 12.4. The molecule has 0 saturated carbocycles. The molecule has 0 amide bonds. The molecule has 0 spiro atoms. The number of thiocarbonyl (C=S) groups is 1. The van der Waals surface area contributed by atoms with Gasteiger partial charge in [-0.1, -0.05) is 29.4 Å². The number of aromatic carboxylic acids is 1. The number of carboxylic acid groups (broad SMARTS) is 1. The summed E-state index contributed by atoms with van der Waals surface area (Å²) in [6.07, 6.45) is 0.258. The fraction of sp³-hybridized carbons (Fsp3) is 0.211. The molecule has 0 bridgehead atoms. The molecule has 0 saturated heterocycles. The van der Waals surface area contributed by atoms with Gasteiger partial charge in [-0.25, -0.2) is 4.79 Å². The Labute approximate surface area is 145 Å². The lowest BCUT2D eigenvalue weighted by molar-refractivity contribution is 0.0696. The Morgan fingerprint density at radius 2 is 1.62 bits per heavy atom. The molecule has 0 aliphatic carbocycles. The van der Waals surface area contributed by atoms with Crippen LogP contribution in [0.15, 0.2) is 36.4 Å². The van der Waals surface area contributed by atoms with Crippen molar-refractivity contribution in [3.8, 4) is 5.75 Å². The van der Waals surface area contributed by atoms with Gasteiger partial charge in [0.15, 0.2) is 5.78 Å². The van der Waals surface area contributed by atoms with Crippen molar-refractivity contribution in [3.63, 3.8) is 0 Å². The molecule has 0 atom stereocenters. The van der Waals surface area contributed by atoms with Crippen LogP contribution in [-0.2, 0) is 6.42 Å². The summed E-state index contributed by atoms with van der Waals surface area (Å²) in [6, 6.07) is 9.66. The zero-order valence-corrected chi connectivity index (χ0v) is 14.3. The van der Waals surface area contributed by atoms with Gasteiger partial charge in [0, 0.05) is 23.3 Å². The normalized spacial score (nSPS) is 10.4. The number of aryl methyl sites for hydroxylation is 2. The number of benzene rings is 2. The average molecular weight is 342 g/mol. The van der Waals surface area contributed by atoms with Gasteiger partial charge in [0.2, 0.25) is 0 Å². The van der Waals surface area contributed by atoms with E-state index < -0.39 is 5.97 Å². The van der Waals surface area contributed by atoms with Crippen LogP contribution in [0, 0.1) is 13.8 Å². The first-order chi connectivity index (χ1) is 11.3. The second kappa shape index (κ2) is 7.36. The van der Waals surface area contributed by atoms with E-state index >= 15 is 0 Å². The molecular formula is C19H18O4S. The van der Waals surface area contributed by atoms with Crippen LogP contribution in [-0.4, -0.2) is 26.8 Å². The van der Waals surface area contributed by atoms with Gasteiger partial charge in [-0.15, -0.1) is 0 Å². The van der Waals surface area contributed by atoms with Crippen molar-refractivity contribution in [2.24, 2.45) is 0 Å². The Balaban J connectivity index is 2.12. The third-order valence-electron chi connectivity index (χ3n) is 3.62.